The van der Waals surface area contributed by atoms with Gasteiger partial charge in [0, 0.05) is 32.7 Å². The third-order valence-corrected chi connectivity index (χ3v) is 9.88. The van der Waals surface area contributed by atoms with Crippen molar-refractivity contribution in [2.45, 2.75) is 76.9 Å². The molecule has 2 saturated carbocycles. The molecule has 0 bridgehead atoms. The first-order valence-electron chi connectivity index (χ1n) is 12.5. The number of halogens is 1. The lowest BCUT2D eigenvalue weighted by molar-refractivity contribution is -0.137. The van der Waals surface area contributed by atoms with Gasteiger partial charge in [-0.25, -0.2) is 0 Å². The summed E-state index contributed by atoms with van der Waals surface area (Å²) in [6, 6.07) is 8.06. The molecule has 0 spiro atoms. The first-order valence-corrected chi connectivity index (χ1v) is 13.7. The van der Waals surface area contributed by atoms with E-state index in [9.17, 15) is 19.8 Å². The van der Waals surface area contributed by atoms with E-state index in [1.165, 1.54) is 0 Å². The van der Waals surface area contributed by atoms with Gasteiger partial charge in [-0.05, 0) is 62.8 Å². The summed E-state index contributed by atoms with van der Waals surface area (Å²) in [7, 11) is 0. The van der Waals surface area contributed by atoms with E-state index < -0.39 is 23.1 Å². The number of carboxylic acid groups (broad SMARTS) is 1. The number of unbranched alkanes of at least 4 members (excludes halogenated alkanes) is 1. The van der Waals surface area contributed by atoms with Gasteiger partial charge in [0.2, 0.25) is 0 Å². The van der Waals surface area contributed by atoms with Gasteiger partial charge in [0.15, 0.2) is 0 Å². The molecule has 7 heteroatoms. The number of rotatable bonds is 10. The van der Waals surface area contributed by atoms with Crippen LogP contribution in [0, 0.1) is 23.2 Å². The maximum Gasteiger partial charge on any atom is 0.303 e. The minimum Gasteiger partial charge on any atom is -0.481 e. The molecule has 0 radical (unpaired) electrons. The van der Waals surface area contributed by atoms with Crippen LogP contribution in [0.15, 0.2) is 36.4 Å². The molecule has 2 aliphatic carbocycles. The number of allylic oxidation sites excluding steroid dienone is 2. The molecule has 4 rings (SSSR count). The minimum atomic E-state index is -0.804. The maximum atomic E-state index is 13.1. The molecule has 2 aliphatic rings. The number of ketones is 1. The Morgan fingerprint density at radius 3 is 2.63 bits per heavy atom. The zero-order valence-electron chi connectivity index (χ0n) is 20.4. The Labute approximate surface area is 215 Å². The summed E-state index contributed by atoms with van der Waals surface area (Å²) in [5, 5.41) is 32.9. The number of carboxylic acids is 1. The Bertz CT molecular complexity index is 1110. The zero-order chi connectivity index (χ0) is 25.4. The predicted octanol–water partition coefficient (Wildman–Crippen LogP) is 6.03. The van der Waals surface area contributed by atoms with Crippen LogP contribution in [0.3, 0.4) is 0 Å². The third kappa shape index (κ3) is 5.36. The number of hydrogen-bond acceptors (Lipinski definition) is 5. The van der Waals surface area contributed by atoms with Crippen LogP contribution in [0.25, 0.3) is 10.1 Å². The molecule has 3 atom stereocenters. The molecule has 190 valence electrons. The predicted molar refractivity (Wildman–Crippen MR) is 140 cm³/mol. The first-order chi connectivity index (χ1) is 16.5. The van der Waals surface area contributed by atoms with Gasteiger partial charge >= 0.3 is 5.97 Å². The average molecular weight is 519 g/mol. The fourth-order valence-electron chi connectivity index (χ4n) is 6.05. The highest BCUT2D eigenvalue weighted by Crippen LogP contribution is 2.55. The van der Waals surface area contributed by atoms with E-state index in [1.807, 2.05) is 44.2 Å². The van der Waals surface area contributed by atoms with Crippen molar-refractivity contribution in [3.63, 3.8) is 0 Å². The molecule has 35 heavy (non-hydrogen) atoms. The normalized spacial score (nSPS) is 30.3. The number of Topliss-reactive ketones (excluding diaryl/α,β-unsaturated/α-hetero) is 1. The topological polar surface area (TPSA) is 94.8 Å². The summed E-state index contributed by atoms with van der Waals surface area (Å²) in [6.45, 7) is 3.63. The second-order valence-electron chi connectivity index (χ2n) is 10.9. The average Bonchev–Trinajstić information content (AvgIpc) is 3.19. The van der Waals surface area contributed by atoms with E-state index in [1.54, 1.807) is 11.3 Å². The summed E-state index contributed by atoms with van der Waals surface area (Å²) in [5.41, 5.74) is -1.60. The number of benzene rings is 1. The molecule has 2 fully saturated rings. The van der Waals surface area contributed by atoms with E-state index >= 15 is 0 Å². The number of carbonyl (C=O) groups excluding carboxylic acids is 1. The number of hydrogen-bond donors (Lipinski definition) is 3. The zero-order valence-corrected chi connectivity index (χ0v) is 21.9. The molecule has 1 aromatic heterocycles. The van der Waals surface area contributed by atoms with Crippen LogP contribution in [0.5, 0.6) is 0 Å². The first kappa shape index (κ1) is 26.3. The van der Waals surface area contributed by atoms with Crippen LogP contribution in [-0.2, 0) is 16.0 Å². The molecule has 1 aromatic carbocycles. The lowest BCUT2D eigenvalue weighted by Crippen LogP contribution is -2.50. The monoisotopic (exact) mass is 518 g/mol. The van der Waals surface area contributed by atoms with Crippen LogP contribution >= 0.6 is 22.9 Å². The van der Waals surface area contributed by atoms with Crippen molar-refractivity contribution in [3.8, 4) is 0 Å². The Balaban J connectivity index is 1.37. The number of thiophene rings is 1. The molecular weight excluding hydrogens is 484 g/mol. The highest BCUT2D eigenvalue weighted by Gasteiger charge is 2.59. The van der Waals surface area contributed by atoms with E-state index in [4.69, 9.17) is 16.7 Å². The number of aliphatic carboxylic acids is 1. The molecule has 1 heterocycles. The molecule has 0 saturated heterocycles. The number of aryl methyl sites for hydroxylation is 1. The lowest BCUT2D eigenvalue weighted by atomic mass is 9.60. The van der Waals surface area contributed by atoms with Crippen molar-refractivity contribution < 1.29 is 24.9 Å². The summed E-state index contributed by atoms with van der Waals surface area (Å²) >= 11 is 8.26. The summed E-state index contributed by atoms with van der Waals surface area (Å²) in [6.07, 6.45) is 7.57. The summed E-state index contributed by atoms with van der Waals surface area (Å²) in [5.74, 6) is -1.07. The van der Waals surface area contributed by atoms with Crippen LogP contribution in [-0.4, -0.2) is 38.8 Å². The summed E-state index contributed by atoms with van der Waals surface area (Å²) in [4.78, 5) is 24.9. The Kier molecular flexibility index (Phi) is 7.77. The number of aliphatic hydroxyl groups excluding tert-OH is 1. The van der Waals surface area contributed by atoms with E-state index in [2.05, 4.69) is 6.07 Å². The lowest BCUT2D eigenvalue weighted by Gasteiger charge is -2.48. The van der Waals surface area contributed by atoms with Crippen molar-refractivity contribution in [3.05, 3.63) is 46.3 Å². The van der Waals surface area contributed by atoms with Gasteiger partial charge < -0.3 is 15.3 Å². The van der Waals surface area contributed by atoms with Gasteiger partial charge in [-0.2, -0.15) is 0 Å². The Morgan fingerprint density at radius 2 is 1.94 bits per heavy atom. The SMILES string of the molecule is CC1(C)C(=O)C(CC=CCCCC(=O)O)C(C2CC(O)(CCc3sc4ccccc4c3Cl)C2)C1O. The Hall–Kier alpha value is -1.73. The van der Waals surface area contributed by atoms with Crippen LogP contribution in [0.4, 0.5) is 0 Å². The maximum absolute atomic E-state index is 13.1. The van der Waals surface area contributed by atoms with Gasteiger partial charge in [-0.15, -0.1) is 11.3 Å². The molecule has 0 amide bonds. The smallest absolute Gasteiger partial charge is 0.303 e. The fourth-order valence-corrected chi connectivity index (χ4v) is 7.57. The van der Waals surface area contributed by atoms with Crippen molar-refractivity contribution in [2.75, 3.05) is 0 Å². The highest BCUT2D eigenvalue weighted by molar-refractivity contribution is 7.19. The largest absolute Gasteiger partial charge is 0.481 e. The second-order valence-corrected chi connectivity index (χ2v) is 12.5. The molecular formula is C28H35ClO5S. The molecule has 5 nitrogen and oxygen atoms in total. The van der Waals surface area contributed by atoms with Crippen molar-refractivity contribution in [1.82, 2.24) is 0 Å². The number of aliphatic hydroxyl groups is 2. The van der Waals surface area contributed by atoms with Crippen molar-refractivity contribution >= 4 is 44.8 Å². The minimum absolute atomic E-state index is 0.0812. The number of carbonyl (C=O) groups is 2. The van der Waals surface area contributed by atoms with Crippen LogP contribution < -0.4 is 0 Å². The van der Waals surface area contributed by atoms with E-state index in [0.29, 0.717) is 44.9 Å². The van der Waals surface area contributed by atoms with E-state index in [0.717, 1.165) is 20.0 Å². The summed E-state index contributed by atoms with van der Waals surface area (Å²) < 4.78 is 1.15. The van der Waals surface area contributed by atoms with Gasteiger partial charge in [0.1, 0.15) is 5.78 Å². The molecule has 2 aromatic rings. The fraction of sp³-hybridized carbons (Fsp3) is 0.571. The molecule has 3 N–H and O–H groups in total. The third-order valence-electron chi connectivity index (χ3n) is 8.11. The van der Waals surface area contributed by atoms with Gasteiger partial charge in [0.25, 0.3) is 0 Å². The van der Waals surface area contributed by atoms with Crippen LogP contribution in [0.2, 0.25) is 5.02 Å². The van der Waals surface area contributed by atoms with Crippen molar-refractivity contribution in [1.29, 1.82) is 0 Å². The van der Waals surface area contributed by atoms with Gasteiger partial charge in [-0.1, -0.05) is 55.8 Å². The number of fused-ring (bicyclic) bond motifs is 1. The standard InChI is InChI=1S/C28H35ClO5S/c1-27(2)25(32)19(10-5-3-4-6-12-22(30)31)23(26(27)33)17-15-28(34,16-17)14-13-21-24(29)18-9-7-8-11-20(18)35-21/h3,5,7-9,11,17,19,23,26,33-34H,4,6,10,12-16H2,1-2H3,(H,30,31). The second kappa shape index (κ2) is 10.3. The van der Waals surface area contributed by atoms with Gasteiger partial charge in [-0.3, -0.25) is 9.59 Å². The Morgan fingerprint density at radius 1 is 1.23 bits per heavy atom. The van der Waals surface area contributed by atoms with Crippen LogP contribution in [0.1, 0.15) is 63.7 Å². The quantitative estimate of drug-likeness (QED) is 0.263. The van der Waals surface area contributed by atoms with Gasteiger partial charge in [0.05, 0.1) is 16.7 Å². The van der Waals surface area contributed by atoms with Crippen molar-refractivity contribution in [2.24, 2.45) is 23.2 Å². The van der Waals surface area contributed by atoms with E-state index in [-0.39, 0.29) is 30.0 Å². The molecule has 3 unspecified atom stereocenters. The molecule has 0 aliphatic heterocycles. The highest BCUT2D eigenvalue weighted by atomic mass is 35.5.